The lowest BCUT2D eigenvalue weighted by molar-refractivity contribution is -0.116. The van der Waals surface area contributed by atoms with Crippen LogP contribution in [0.1, 0.15) is 0 Å². The van der Waals surface area contributed by atoms with Crippen LogP contribution in [0.15, 0.2) is 43.2 Å². The molecule has 3 aromatic rings. The van der Waals surface area contributed by atoms with Crippen molar-refractivity contribution in [2.75, 3.05) is 11.1 Å². The lowest BCUT2D eigenvalue weighted by Gasteiger charge is -2.09. The van der Waals surface area contributed by atoms with Crippen LogP contribution < -0.4 is 11.1 Å². The van der Waals surface area contributed by atoms with Gasteiger partial charge in [-0.15, -0.1) is 0 Å². The van der Waals surface area contributed by atoms with E-state index in [0.29, 0.717) is 17.3 Å². The summed E-state index contributed by atoms with van der Waals surface area (Å²) in [6, 6.07) is 5.08. The van der Waals surface area contributed by atoms with Crippen molar-refractivity contribution in [2.45, 2.75) is 6.54 Å². The molecule has 0 aliphatic rings. The summed E-state index contributed by atoms with van der Waals surface area (Å²) in [6.45, 7) is 0.0584. The van der Waals surface area contributed by atoms with Gasteiger partial charge in [0.05, 0.1) is 5.69 Å². The van der Waals surface area contributed by atoms with Gasteiger partial charge in [-0.1, -0.05) is 0 Å². The summed E-state index contributed by atoms with van der Waals surface area (Å²) < 4.78 is 2.93. The second-order valence-electron chi connectivity index (χ2n) is 4.20. The maximum Gasteiger partial charge on any atom is 0.246 e. The molecule has 21 heavy (non-hydrogen) atoms. The number of hydrogen-bond acceptors (Lipinski definition) is 6. The molecule has 9 nitrogen and oxygen atoms in total. The van der Waals surface area contributed by atoms with Crippen LogP contribution in [0.3, 0.4) is 0 Å². The number of rotatable bonds is 4. The number of nitrogen functional groups attached to an aromatic ring is 1. The Morgan fingerprint density at radius 3 is 3.00 bits per heavy atom. The first-order valence-corrected chi connectivity index (χ1v) is 6.11. The van der Waals surface area contributed by atoms with E-state index in [2.05, 4.69) is 25.5 Å². The molecular weight excluding hydrogens is 272 g/mol. The number of nitrogens with one attached hydrogen (secondary N) is 1. The predicted octanol–water partition coefficient (Wildman–Crippen LogP) is 0.0797. The van der Waals surface area contributed by atoms with Crippen molar-refractivity contribution in [3.63, 3.8) is 0 Å². The second kappa shape index (κ2) is 5.41. The van der Waals surface area contributed by atoms with Crippen molar-refractivity contribution >= 4 is 17.4 Å². The van der Waals surface area contributed by atoms with Gasteiger partial charge in [-0.05, 0) is 18.2 Å². The number of amides is 1. The Morgan fingerprint density at radius 1 is 1.38 bits per heavy atom. The third-order valence-corrected chi connectivity index (χ3v) is 2.66. The van der Waals surface area contributed by atoms with Crippen molar-refractivity contribution in [2.24, 2.45) is 0 Å². The molecule has 0 aromatic carbocycles. The molecule has 0 spiro atoms. The molecule has 3 aromatic heterocycles. The fourth-order valence-corrected chi connectivity index (χ4v) is 1.80. The van der Waals surface area contributed by atoms with E-state index >= 15 is 0 Å². The minimum absolute atomic E-state index is 0.0584. The largest absolute Gasteiger partial charge is 0.382 e. The Bertz CT molecular complexity index is 748. The molecule has 0 fully saturated rings. The Kier molecular flexibility index (Phi) is 3.29. The number of carbonyl (C=O) groups excluding carboxylic acids is 1. The van der Waals surface area contributed by atoms with Gasteiger partial charge in [0.2, 0.25) is 5.91 Å². The number of aromatic nitrogens is 6. The van der Waals surface area contributed by atoms with Crippen LogP contribution in [0.5, 0.6) is 0 Å². The highest BCUT2D eigenvalue weighted by Gasteiger charge is 2.10. The highest BCUT2D eigenvalue weighted by molar-refractivity contribution is 5.92. The average Bonchev–Trinajstić information content (AvgIpc) is 3.11. The molecule has 0 saturated carbocycles. The van der Waals surface area contributed by atoms with E-state index in [9.17, 15) is 4.79 Å². The molecule has 0 atom stereocenters. The number of nitrogens with two attached hydrogens (primary N) is 1. The summed E-state index contributed by atoms with van der Waals surface area (Å²) in [5.41, 5.74) is 6.04. The molecule has 1 amide bonds. The monoisotopic (exact) mass is 284 g/mol. The van der Waals surface area contributed by atoms with Crippen LogP contribution in [0.25, 0.3) is 5.82 Å². The molecule has 0 radical (unpaired) electrons. The molecule has 3 heterocycles. The standard InChI is InChI=1S/C12H12N8O/c13-10-3-5-19(18-10)6-11(21)17-9-2-1-4-15-12(9)20-8-14-7-16-20/h1-5,7-8H,6H2,(H2,13,18)(H,17,21). The summed E-state index contributed by atoms with van der Waals surface area (Å²) in [5.74, 6) is 0.614. The van der Waals surface area contributed by atoms with Crippen LogP contribution in [-0.2, 0) is 11.3 Å². The van der Waals surface area contributed by atoms with E-state index in [4.69, 9.17) is 5.73 Å². The smallest absolute Gasteiger partial charge is 0.246 e. The summed E-state index contributed by atoms with van der Waals surface area (Å²) in [4.78, 5) is 20.1. The topological polar surface area (TPSA) is 117 Å². The lowest BCUT2D eigenvalue weighted by atomic mass is 10.3. The Hall–Kier alpha value is -3.23. The summed E-state index contributed by atoms with van der Waals surface area (Å²) in [6.07, 6.45) is 6.15. The number of hydrogen-bond donors (Lipinski definition) is 2. The zero-order valence-corrected chi connectivity index (χ0v) is 10.9. The molecule has 0 aliphatic carbocycles. The number of pyridine rings is 1. The second-order valence-corrected chi connectivity index (χ2v) is 4.20. The van der Waals surface area contributed by atoms with Gasteiger partial charge in [-0.25, -0.2) is 14.6 Å². The van der Waals surface area contributed by atoms with Crippen molar-refractivity contribution in [3.8, 4) is 5.82 Å². The number of nitrogens with zero attached hydrogens (tertiary/aromatic N) is 6. The van der Waals surface area contributed by atoms with Crippen molar-refractivity contribution in [1.82, 2.24) is 29.5 Å². The van der Waals surface area contributed by atoms with E-state index in [1.165, 1.54) is 22.0 Å². The van der Waals surface area contributed by atoms with Gasteiger partial charge in [0.1, 0.15) is 25.0 Å². The van der Waals surface area contributed by atoms with Crippen LogP contribution in [0.4, 0.5) is 11.5 Å². The maximum absolute atomic E-state index is 12.0. The minimum Gasteiger partial charge on any atom is -0.382 e. The zero-order valence-electron chi connectivity index (χ0n) is 10.9. The minimum atomic E-state index is -0.243. The van der Waals surface area contributed by atoms with E-state index in [-0.39, 0.29) is 12.5 Å². The number of anilines is 2. The highest BCUT2D eigenvalue weighted by Crippen LogP contribution is 2.15. The Balaban J connectivity index is 1.77. The van der Waals surface area contributed by atoms with Gasteiger partial charge < -0.3 is 11.1 Å². The summed E-state index contributed by atoms with van der Waals surface area (Å²) in [5, 5.41) is 10.7. The van der Waals surface area contributed by atoms with Gasteiger partial charge in [0.25, 0.3) is 0 Å². The first kappa shape index (κ1) is 12.8. The van der Waals surface area contributed by atoms with Crippen LogP contribution in [0.2, 0.25) is 0 Å². The van der Waals surface area contributed by atoms with Crippen molar-refractivity contribution < 1.29 is 4.79 Å². The van der Waals surface area contributed by atoms with Gasteiger partial charge in [0.15, 0.2) is 5.82 Å². The molecule has 106 valence electrons. The van der Waals surface area contributed by atoms with E-state index in [1.807, 2.05) is 0 Å². The van der Waals surface area contributed by atoms with E-state index in [1.54, 1.807) is 30.6 Å². The normalized spacial score (nSPS) is 10.5. The SMILES string of the molecule is Nc1ccn(CC(=O)Nc2cccnc2-n2cncn2)n1. The first-order chi connectivity index (χ1) is 10.2. The third-order valence-electron chi connectivity index (χ3n) is 2.66. The zero-order chi connectivity index (χ0) is 14.7. The average molecular weight is 284 g/mol. The molecule has 0 saturated heterocycles. The quantitative estimate of drug-likeness (QED) is 0.700. The Labute approximate surface area is 119 Å². The highest BCUT2D eigenvalue weighted by atomic mass is 16.2. The van der Waals surface area contributed by atoms with E-state index in [0.717, 1.165) is 0 Å². The molecule has 0 aliphatic heterocycles. The first-order valence-electron chi connectivity index (χ1n) is 6.11. The van der Waals surface area contributed by atoms with Gasteiger partial charge in [0, 0.05) is 12.4 Å². The summed E-state index contributed by atoms with van der Waals surface area (Å²) in [7, 11) is 0. The predicted molar refractivity (Wildman–Crippen MR) is 74.4 cm³/mol. The third kappa shape index (κ3) is 2.86. The lowest BCUT2D eigenvalue weighted by Crippen LogP contribution is -2.20. The van der Waals surface area contributed by atoms with Gasteiger partial charge in [-0.3, -0.25) is 9.48 Å². The number of carbonyl (C=O) groups is 1. The van der Waals surface area contributed by atoms with Crippen LogP contribution in [-0.4, -0.2) is 35.4 Å². The maximum atomic E-state index is 12.0. The van der Waals surface area contributed by atoms with Crippen molar-refractivity contribution in [3.05, 3.63) is 43.2 Å². The summed E-state index contributed by atoms with van der Waals surface area (Å²) >= 11 is 0. The van der Waals surface area contributed by atoms with Crippen molar-refractivity contribution in [1.29, 1.82) is 0 Å². The molecule has 0 unspecified atom stereocenters. The fourth-order valence-electron chi connectivity index (χ4n) is 1.80. The molecule has 0 bridgehead atoms. The molecule has 9 heteroatoms. The Morgan fingerprint density at radius 2 is 2.29 bits per heavy atom. The van der Waals surface area contributed by atoms with Crippen LogP contribution >= 0.6 is 0 Å². The molecule has 3 N–H and O–H groups in total. The van der Waals surface area contributed by atoms with E-state index < -0.39 is 0 Å². The van der Waals surface area contributed by atoms with Crippen LogP contribution in [0, 0.1) is 0 Å². The molecular formula is C12H12N8O. The fraction of sp³-hybridized carbons (Fsp3) is 0.0833. The van der Waals surface area contributed by atoms with Gasteiger partial charge >= 0.3 is 0 Å². The van der Waals surface area contributed by atoms with Gasteiger partial charge in [-0.2, -0.15) is 10.2 Å². The molecule has 3 rings (SSSR count).